The maximum absolute atomic E-state index is 5.89. The molecule has 0 radical (unpaired) electrons. The second kappa shape index (κ2) is 6.71. The largest absolute Gasteiger partial charge is 0.493 e. The normalized spacial score (nSPS) is 20.2. The van der Waals surface area contributed by atoms with Crippen LogP contribution < -0.4 is 10.1 Å². The molecule has 0 aromatic carbocycles. The molecule has 0 amide bonds. The molecule has 1 N–H and O–H groups in total. The third-order valence-corrected chi connectivity index (χ3v) is 3.61. The highest BCUT2D eigenvalue weighted by atomic mass is 16.5. The Balaban J connectivity index is 1.82. The van der Waals surface area contributed by atoms with Crippen LogP contribution >= 0.6 is 0 Å². The smallest absolute Gasteiger partial charge is 0.126 e. The van der Waals surface area contributed by atoms with Gasteiger partial charge in [0.25, 0.3) is 0 Å². The molecule has 1 unspecified atom stereocenters. The molecular formula is C14H23N3O. The molecule has 100 valence electrons. The van der Waals surface area contributed by atoms with Gasteiger partial charge in [0.15, 0.2) is 0 Å². The van der Waals surface area contributed by atoms with Gasteiger partial charge >= 0.3 is 0 Å². The first-order valence-corrected chi connectivity index (χ1v) is 6.72. The van der Waals surface area contributed by atoms with Gasteiger partial charge in [-0.25, -0.2) is 0 Å². The zero-order valence-electron chi connectivity index (χ0n) is 11.4. The molecule has 1 aromatic heterocycles. The van der Waals surface area contributed by atoms with Crippen molar-refractivity contribution in [3.8, 4) is 5.75 Å². The van der Waals surface area contributed by atoms with Crippen LogP contribution in [0.1, 0.15) is 24.8 Å². The number of nitrogens with zero attached hydrogens (tertiary/aromatic N) is 2. The fourth-order valence-corrected chi connectivity index (χ4v) is 2.53. The number of likely N-dealkylation sites (tertiary alicyclic amines) is 1. The topological polar surface area (TPSA) is 37.4 Å². The van der Waals surface area contributed by atoms with Crippen molar-refractivity contribution in [2.45, 2.75) is 31.8 Å². The first-order chi connectivity index (χ1) is 8.81. The molecule has 0 aliphatic carbocycles. The average molecular weight is 249 g/mol. The van der Waals surface area contributed by atoms with Crippen molar-refractivity contribution in [1.29, 1.82) is 0 Å². The summed E-state index contributed by atoms with van der Waals surface area (Å²) in [5.41, 5.74) is 1.12. The van der Waals surface area contributed by atoms with Crippen LogP contribution in [0.15, 0.2) is 18.5 Å². The van der Waals surface area contributed by atoms with Crippen LogP contribution in [0.3, 0.4) is 0 Å². The van der Waals surface area contributed by atoms with Gasteiger partial charge in [0, 0.05) is 30.5 Å². The van der Waals surface area contributed by atoms with E-state index in [0.29, 0.717) is 6.04 Å². The highest BCUT2D eigenvalue weighted by molar-refractivity contribution is 5.29. The molecule has 1 aromatic rings. The zero-order chi connectivity index (χ0) is 12.8. The van der Waals surface area contributed by atoms with Crippen molar-refractivity contribution in [3.05, 3.63) is 24.0 Å². The number of aromatic nitrogens is 1. The Morgan fingerprint density at radius 2 is 2.44 bits per heavy atom. The Hall–Kier alpha value is -1.13. The van der Waals surface area contributed by atoms with Gasteiger partial charge in [-0.3, -0.25) is 4.98 Å². The summed E-state index contributed by atoms with van der Waals surface area (Å²) in [5, 5.41) is 3.13. The van der Waals surface area contributed by atoms with Crippen molar-refractivity contribution in [2.75, 3.05) is 27.2 Å². The standard InChI is InChI=1S/C14H23N3O/c1-15-10-12-11-16-7-5-14(12)18-9-6-13-4-3-8-17(13)2/h5,7,11,13,15H,3-4,6,8-10H2,1-2H3. The Labute approximate surface area is 109 Å². The van der Waals surface area contributed by atoms with Gasteiger partial charge in [-0.1, -0.05) is 0 Å². The summed E-state index contributed by atoms with van der Waals surface area (Å²) in [4.78, 5) is 6.57. The molecule has 1 saturated heterocycles. The fraction of sp³-hybridized carbons (Fsp3) is 0.643. The number of pyridine rings is 1. The molecule has 2 rings (SSSR count). The van der Waals surface area contributed by atoms with Gasteiger partial charge in [-0.05, 0) is 46.0 Å². The predicted octanol–water partition coefficient (Wildman–Crippen LogP) is 1.66. The van der Waals surface area contributed by atoms with E-state index in [4.69, 9.17) is 4.74 Å². The minimum atomic E-state index is 0.694. The molecule has 1 aliphatic heterocycles. The molecule has 0 saturated carbocycles. The zero-order valence-corrected chi connectivity index (χ0v) is 11.4. The van der Waals surface area contributed by atoms with Crippen LogP contribution in [-0.4, -0.2) is 43.2 Å². The van der Waals surface area contributed by atoms with E-state index in [0.717, 1.165) is 30.9 Å². The van der Waals surface area contributed by atoms with Crippen molar-refractivity contribution in [1.82, 2.24) is 15.2 Å². The van der Waals surface area contributed by atoms with Gasteiger partial charge in [-0.2, -0.15) is 0 Å². The number of hydrogen-bond acceptors (Lipinski definition) is 4. The summed E-state index contributed by atoms with van der Waals surface area (Å²) >= 11 is 0. The van der Waals surface area contributed by atoms with Gasteiger partial charge < -0.3 is 15.0 Å². The maximum atomic E-state index is 5.89. The fourth-order valence-electron chi connectivity index (χ4n) is 2.53. The summed E-state index contributed by atoms with van der Waals surface area (Å²) in [6, 6.07) is 2.64. The lowest BCUT2D eigenvalue weighted by Gasteiger charge is -2.19. The molecule has 0 spiro atoms. The summed E-state index contributed by atoms with van der Waals surface area (Å²) in [7, 11) is 4.14. The highest BCUT2D eigenvalue weighted by Gasteiger charge is 2.20. The minimum absolute atomic E-state index is 0.694. The SMILES string of the molecule is CNCc1cnccc1OCCC1CCCN1C. The van der Waals surface area contributed by atoms with Crippen molar-refractivity contribution < 1.29 is 4.74 Å². The third kappa shape index (κ3) is 3.43. The van der Waals surface area contributed by atoms with Crippen LogP contribution in [0.4, 0.5) is 0 Å². The molecule has 1 fully saturated rings. The summed E-state index contributed by atoms with van der Waals surface area (Å²) < 4.78 is 5.89. The lowest BCUT2D eigenvalue weighted by molar-refractivity contribution is 0.232. The van der Waals surface area contributed by atoms with E-state index < -0.39 is 0 Å². The van der Waals surface area contributed by atoms with E-state index in [1.165, 1.54) is 19.4 Å². The number of rotatable bonds is 6. The third-order valence-electron chi connectivity index (χ3n) is 3.61. The van der Waals surface area contributed by atoms with E-state index in [-0.39, 0.29) is 0 Å². The van der Waals surface area contributed by atoms with E-state index in [9.17, 15) is 0 Å². The Bertz CT molecular complexity index is 370. The second-order valence-electron chi connectivity index (χ2n) is 4.93. The Kier molecular flexibility index (Phi) is 4.96. The van der Waals surface area contributed by atoms with E-state index in [2.05, 4.69) is 22.2 Å². The molecule has 1 aliphatic rings. The monoisotopic (exact) mass is 249 g/mol. The summed E-state index contributed by atoms with van der Waals surface area (Å²) in [6.45, 7) is 2.81. The van der Waals surface area contributed by atoms with Gasteiger partial charge in [-0.15, -0.1) is 0 Å². The molecule has 0 bridgehead atoms. The number of ether oxygens (including phenoxy) is 1. The van der Waals surface area contributed by atoms with Gasteiger partial charge in [0.2, 0.25) is 0 Å². The quantitative estimate of drug-likeness (QED) is 0.832. The Morgan fingerprint density at radius 1 is 1.56 bits per heavy atom. The molecular weight excluding hydrogens is 226 g/mol. The van der Waals surface area contributed by atoms with Crippen LogP contribution in [-0.2, 0) is 6.54 Å². The Morgan fingerprint density at radius 3 is 3.17 bits per heavy atom. The van der Waals surface area contributed by atoms with E-state index in [1.54, 1.807) is 6.20 Å². The first kappa shape index (κ1) is 13.3. The summed E-state index contributed by atoms with van der Waals surface area (Å²) in [6.07, 6.45) is 7.39. The number of hydrogen-bond donors (Lipinski definition) is 1. The van der Waals surface area contributed by atoms with E-state index >= 15 is 0 Å². The van der Waals surface area contributed by atoms with Crippen molar-refractivity contribution in [2.24, 2.45) is 0 Å². The molecule has 4 heteroatoms. The molecule has 2 heterocycles. The second-order valence-corrected chi connectivity index (χ2v) is 4.93. The van der Waals surface area contributed by atoms with Crippen LogP contribution in [0.2, 0.25) is 0 Å². The molecule has 1 atom stereocenters. The first-order valence-electron chi connectivity index (χ1n) is 6.72. The lowest BCUT2D eigenvalue weighted by atomic mass is 10.1. The number of nitrogens with one attached hydrogen (secondary N) is 1. The van der Waals surface area contributed by atoms with Crippen molar-refractivity contribution in [3.63, 3.8) is 0 Å². The van der Waals surface area contributed by atoms with Crippen molar-refractivity contribution >= 4 is 0 Å². The maximum Gasteiger partial charge on any atom is 0.126 e. The highest BCUT2D eigenvalue weighted by Crippen LogP contribution is 2.20. The van der Waals surface area contributed by atoms with Crippen LogP contribution in [0, 0.1) is 0 Å². The minimum Gasteiger partial charge on any atom is -0.493 e. The average Bonchev–Trinajstić information content (AvgIpc) is 2.78. The van der Waals surface area contributed by atoms with Gasteiger partial charge in [0.1, 0.15) is 5.75 Å². The summed E-state index contributed by atoms with van der Waals surface area (Å²) in [5.74, 6) is 0.958. The van der Waals surface area contributed by atoms with E-state index in [1.807, 2.05) is 19.3 Å². The lowest BCUT2D eigenvalue weighted by Crippen LogP contribution is -2.26. The molecule has 4 nitrogen and oxygen atoms in total. The predicted molar refractivity (Wildman–Crippen MR) is 72.8 cm³/mol. The van der Waals surface area contributed by atoms with Crippen LogP contribution in [0.5, 0.6) is 5.75 Å². The van der Waals surface area contributed by atoms with Crippen LogP contribution in [0.25, 0.3) is 0 Å². The molecule has 18 heavy (non-hydrogen) atoms. The van der Waals surface area contributed by atoms with Gasteiger partial charge in [0.05, 0.1) is 6.61 Å².